The molecule has 172 valence electrons. The maximum atomic E-state index is 14.9. The van der Waals surface area contributed by atoms with E-state index in [9.17, 15) is 18.8 Å². The summed E-state index contributed by atoms with van der Waals surface area (Å²) in [7, 11) is 2.98. The van der Waals surface area contributed by atoms with Crippen molar-refractivity contribution in [3.8, 4) is 11.5 Å². The van der Waals surface area contributed by atoms with Crippen LogP contribution in [0.4, 0.5) is 20.6 Å². The molecule has 33 heavy (non-hydrogen) atoms. The second kappa shape index (κ2) is 8.81. The Morgan fingerprint density at radius 1 is 1.24 bits per heavy atom. The first-order valence-electron chi connectivity index (χ1n) is 10.1. The number of rotatable bonds is 6. The Bertz CT molecular complexity index is 1180. The lowest BCUT2D eigenvalue weighted by Gasteiger charge is -2.14. The first-order chi connectivity index (χ1) is 15.8. The first-order valence-corrected chi connectivity index (χ1v) is 10.1. The van der Waals surface area contributed by atoms with Crippen LogP contribution in [-0.4, -0.2) is 51.3 Å². The Morgan fingerprint density at radius 3 is 2.64 bits per heavy atom. The van der Waals surface area contributed by atoms with Crippen molar-refractivity contribution < 1.29 is 33.0 Å². The largest absolute Gasteiger partial charge is 0.493 e. The molecule has 2 aliphatic heterocycles. The molecule has 2 aliphatic rings. The van der Waals surface area contributed by atoms with E-state index in [2.05, 4.69) is 10.6 Å². The van der Waals surface area contributed by atoms with Crippen molar-refractivity contribution in [2.45, 2.75) is 13.0 Å². The Hall–Kier alpha value is -4.08. The molecule has 0 bridgehead atoms. The normalized spacial score (nSPS) is 18.1. The van der Waals surface area contributed by atoms with Gasteiger partial charge in [0.15, 0.2) is 11.5 Å². The number of carbonyl (C=O) groups is 3. The van der Waals surface area contributed by atoms with Crippen molar-refractivity contribution in [2.75, 3.05) is 37.5 Å². The van der Waals surface area contributed by atoms with Gasteiger partial charge in [-0.15, -0.1) is 0 Å². The number of ether oxygens (including phenoxy) is 3. The third kappa shape index (κ3) is 4.32. The molecule has 2 aromatic rings. The Balaban J connectivity index is 1.59. The highest BCUT2D eigenvalue weighted by Crippen LogP contribution is 2.41. The fourth-order valence-electron chi connectivity index (χ4n) is 3.71. The van der Waals surface area contributed by atoms with Gasteiger partial charge in [0, 0.05) is 29.7 Å². The summed E-state index contributed by atoms with van der Waals surface area (Å²) in [5.41, 5.74) is 1.85. The summed E-state index contributed by atoms with van der Waals surface area (Å²) in [4.78, 5) is 37.1. The lowest BCUT2D eigenvalue weighted by molar-refractivity contribution is -0.119. The van der Waals surface area contributed by atoms with Crippen LogP contribution in [-0.2, 0) is 14.3 Å². The first kappa shape index (κ1) is 22.1. The summed E-state index contributed by atoms with van der Waals surface area (Å²) in [6.45, 7) is 1.72. The van der Waals surface area contributed by atoms with Crippen LogP contribution in [0.5, 0.6) is 11.5 Å². The molecule has 0 unspecified atom stereocenters. The smallest absolute Gasteiger partial charge is 0.414 e. The van der Waals surface area contributed by atoms with E-state index in [-0.39, 0.29) is 36.0 Å². The highest BCUT2D eigenvalue weighted by Gasteiger charge is 2.33. The molecule has 4 rings (SSSR count). The van der Waals surface area contributed by atoms with Crippen LogP contribution in [0.15, 0.2) is 30.3 Å². The van der Waals surface area contributed by atoms with Gasteiger partial charge in [-0.3, -0.25) is 14.5 Å². The van der Waals surface area contributed by atoms with Crippen LogP contribution in [0.1, 0.15) is 18.1 Å². The number of carbonyl (C=O) groups excluding carboxylic acids is 3. The minimum atomic E-state index is -0.624. The third-order valence-corrected chi connectivity index (χ3v) is 5.36. The summed E-state index contributed by atoms with van der Waals surface area (Å²) >= 11 is 0. The summed E-state index contributed by atoms with van der Waals surface area (Å²) < 4.78 is 30.7. The highest BCUT2D eigenvalue weighted by molar-refractivity contribution is 6.35. The number of amides is 3. The van der Waals surface area contributed by atoms with Gasteiger partial charge in [0.1, 0.15) is 11.9 Å². The predicted molar refractivity (Wildman–Crippen MR) is 119 cm³/mol. The van der Waals surface area contributed by atoms with Crippen molar-refractivity contribution >= 4 is 40.9 Å². The van der Waals surface area contributed by atoms with Crippen molar-refractivity contribution in [3.05, 3.63) is 47.3 Å². The van der Waals surface area contributed by atoms with Crippen LogP contribution in [0, 0.1) is 5.82 Å². The van der Waals surface area contributed by atoms with E-state index in [1.165, 1.54) is 44.3 Å². The zero-order chi connectivity index (χ0) is 23.7. The molecule has 0 aromatic heterocycles. The van der Waals surface area contributed by atoms with Gasteiger partial charge in [0.25, 0.3) is 5.91 Å². The molecule has 0 radical (unpaired) electrons. The maximum Gasteiger partial charge on any atom is 0.414 e. The van der Waals surface area contributed by atoms with Crippen LogP contribution in [0.3, 0.4) is 0 Å². The van der Waals surface area contributed by atoms with Crippen molar-refractivity contribution in [2.24, 2.45) is 0 Å². The van der Waals surface area contributed by atoms with Gasteiger partial charge in [0.2, 0.25) is 5.91 Å². The standard InChI is InChI=1S/C23H22FN3O6/c1-12(28)25-10-15-11-27(23(30)33-15)14-5-4-13(18(24)7-14)6-17-16-8-20(31-2)21(32-3)9-19(16)26-22(17)29/h4-9,15H,10-11H2,1-3H3,(H,25,28)(H,26,29)/t15-/m0/s1. The summed E-state index contributed by atoms with van der Waals surface area (Å²) in [5.74, 6) is -0.326. The van der Waals surface area contributed by atoms with E-state index in [1.807, 2.05) is 0 Å². The fraction of sp³-hybridized carbons (Fsp3) is 0.261. The molecule has 1 atom stereocenters. The van der Waals surface area contributed by atoms with E-state index in [1.54, 1.807) is 18.2 Å². The molecule has 2 N–H and O–H groups in total. The fourth-order valence-corrected chi connectivity index (χ4v) is 3.71. The molecule has 2 aromatic carbocycles. The minimum Gasteiger partial charge on any atom is -0.493 e. The molecule has 0 saturated carbocycles. The molecule has 9 nitrogen and oxygen atoms in total. The summed E-state index contributed by atoms with van der Waals surface area (Å²) in [5, 5.41) is 5.32. The SMILES string of the molecule is COc1cc2c(cc1OC)C(=Cc1ccc(N3C[C@H](CNC(C)=O)OC3=O)cc1F)C(=O)N2. The molecule has 2 heterocycles. The molecule has 1 saturated heterocycles. The highest BCUT2D eigenvalue weighted by atomic mass is 19.1. The van der Waals surface area contributed by atoms with Crippen molar-refractivity contribution in [3.63, 3.8) is 0 Å². The monoisotopic (exact) mass is 455 g/mol. The number of halogens is 1. The van der Waals surface area contributed by atoms with Gasteiger partial charge < -0.3 is 24.8 Å². The van der Waals surface area contributed by atoms with E-state index >= 15 is 0 Å². The third-order valence-electron chi connectivity index (χ3n) is 5.36. The number of hydrogen-bond acceptors (Lipinski definition) is 6. The van der Waals surface area contributed by atoms with E-state index in [4.69, 9.17) is 14.2 Å². The zero-order valence-electron chi connectivity index (χ0n) is 18.2. The van der Waals surface area contributed by atoms with Gasteiger partial charge >= 0.3 is 6.09 Å². The van der Waals surface area contributed by atoms with Crippen molar-refractivity contribution in [1.82, 2.24) is 5.32 Å². The Kier molecular flexibility index (Phi) is 5.91. The zero-order valence-corrected chi connectivity index (χ0v) is 18.2. The average molecular weight is 455 g/mol. The summed E-state index contributed by atoms with van der Waals surface area (Å²) in [6.07, 6.45) is 0.284. The number of methoxy groups -OCH3 is 2. The number of fused-ring (bicyclic) bond motifs is 1. The second-order valence-electron chi connectivity index (χ2n) is 7.52. The number of nitrogens with one attached hydrogen (secondary N) is 2. The number of cyclic esters (lactones) is 1. The number of nitrogens with zero attached hydrogens (tertiary/aromatic N) is 1. The second-order valence-corrected chi connectivity index (χ2v) is 7.52. The predicted octanol–water partition coefficient (Wildman–Crippen LogP) is 2.80. The van der Waals surface area contributed by atoms with Gasteiger partial charge in [0.05, 0.1) is 38.7 Å². The Labute approximate surface area is 189 Å². The molecule has 0 spiro atoms. The van der Waals surface area contributed by atoms with Crippen molar-refractivity contribution in [1.29, 1.82) is 0 Å². The minimum absolute atomic E-state index is 0.174. The van der Waals surface area contributed by atoms with E-state index in [0.29, 0.717) is 28.4 Å². The molecule has 1 fully saturated rings. The Morgan fingerprint density at radius 2 is 1.97 bits per heavy atom. The molecule has 0 aliphatic carbocycles. The average Bonchev–Trinajstić information content (AvgIpc) is 3.31. The van der Waals surface area contributed by atoms with Crippen LogP contribution in [0.2, 0.25) is 0 Å². The van der Waals surface area contributed by atoms with Crippen LogP contribution < -0.4 is 25.0 Å². The van der Waals surface area contributed by atoms with Gasteiger partial charge in [-0.05, 0) is 30.3 Å². The van der Waals surface area contributed by atoms with Gasteiger partial charge in [-0.1, -0.05) is 0 Å². The molecular weight excluding hydrogens is 433 g/mol. The number of anilines is 2. The van der Waals surface area contributed by atoms with Gasteiger partial charge in [-0.2, -0.15) is 0 Å². The molecule has 10 heteroatoms. The van der Waals surface area contributed by atoms with Crippen LogP contribution in [0.25, 0.3) is 11.6 Å². The summed E-state index contributed by atoms with van der Waals surface area (Å²) in [6, 6.07) is 7.55. The van der Waals surface area contributed by atoms with Crippen LogP contribution >= 0.6 is 0 Å². The molecular formula is C23H22FN3O6. The number of benzene rings is 2. The van der Waals surface area contributed by atoms with E-state index < -0.39 is 18.0 Å². The molecule has 3 amide bonds. The quantitative estimate of drug-likeness (QED) is 0.649. The lowest BCUT2D eigenvalue weighted by Crippen LogP contribution is -2.33. The van der Waals surface area contributed by atoms with E-state index in [0.717, 1.165) is 0 Å². The topological polar surface area (TPSA) is 106 Å². The number of hydrogen-bond donors (Lipinski definition) is 2. The lowest BCUT2D eigenvalue weighted by atomic mass is 10.0. The van der Waals surface area contributed by atoms with Gasteiger partial charge in [-0.25, -0.2) is 9.18 Å². The maximum absolute atomic E-state index is 14.9.